The van der Waals surface area contributed by atoms with Crippen LogP contribution in [0.25, 0.3) is 0 Å². The smallest absolute Gasteiger partial charge is 0.226 e. The van der Waals surface area contributed by atoms with Gasteiger partial charge in [-0.15, -0.1) is 0 Å². The largest absolute Gasteiger partial charge is 0.381 e. The van der Waals surface area contributed by atoms with Crippen LogP contribution in [0.3, 0.4) is 0 Å². The average molecular weight is 279 g/mol. The van der Waals surface area contributed by atoms with Crippen LogP contribution >= 0.6 is 11.5 Å². The van der Waals surface area contributed by atoms with Gasteiger partial charge in [-0.25, -0.2) is 4.98 Å². The number of anilines is 1. The normalized spacial score (nSPS) is 32.7. The molecule has 1 aromatic heterocycles. The molecule has 4 rings (SSSR count). The molecule has 1 amide bonds. The number of hydrogen-bond donors (Lipinski definition) is 1. The Morgan fingerprint density at radius 1 is 1.42 bits per heavy atom. The fourth-order valence-corrected chi connectivity index (χ4v) is 3.85. The summed E-state index contributed by atoms with van der Waals surface area (Å²) in [5, 5.41) is 3.55. The van der Waals surface area contributed by atoms with Crippen molar-refractivity contribution in [3.05, 3.63) is 5.82 Å². The van der Waals surface area contributed by atoms with Gasteiger partial charge in [0.2, 0.25) is 11.0 Å². The molecule has 3 atom stereocenters. The van der Waals surface area contributed by atoms with Crippen molar-refractivity contribution in [2.75, 3.05) is 18.5 Å². The predicted molar refractivity (Wildman–Crippen MR) is 71.0 cm³/mol. The van der Waals surface area contributed by atoms with E-state index in [1.165, 1.54) is 24.4 Å². The topological polar surface area (TPSA) is 64.1 Å². The van der Waals surface area contributed by atoms with E-state index >= 15 is 0 Å². The summed E-state index contributed by atoms with van der Waals surface area (Å²) < 4.78 is 9.74. The minimum atomic E-state index is 0.0776. The molecule has 102 valence electrons. The van der Waals surface area contributed by atoms with Gasteiger partial charge in [-0.3, -0.25) is 4.79 Å². The molecule has 2 heterocycles. The molecule has 1 unspecified atom stereocenters. The highest BCUT2D eigenvalue weighted by atomic mass is 32.1. The SMILES string of the molecule is O=C(CC1C[C@@H]2COC[C@H]12)Nc1nc(C2CC2)ns1. The second-order valence-electron chi connectivity index (χ2n) is 5.94. The molecule has 19 heavy (non-hydrogen) atoms. The second kappa shape index (κ2) is 4.52. The molecule has 3 aliphatic rings. The lowest BCUT2D eigenvalue weighted by Crippen LogP contribution is -2.37. The molecule has 1 N–H and O–H groups in total. The molecule has 1 aliphatic heterocycles. The molecule has 0 bridgehead atoms. The minimum Gasteiger partial charge on any atom is -0.381 e. The summed E-state index contributed by atoms with van der Waals surface area (Å²) in [7, 11) is 0. The van der Waals surface area contributed by atoms with E-state index in [-0.39, 0.29) is 5.91 Å². The fourth-order valence-electron chi connectivity index (χ4n) is 3.18. The van der Waals surface area contributed by atoms with E-state index in [1.807, 2.05) is 0 Å². The van der Waals surface area contributed by atoms with E-state index in [0.29, 0.717) is 35.2 Å². The fraction of sp³-hybridized carbons (Fsp3) is 0.769. The molecule has 2 aliphatic carbocycles. The van der Waals surface area contributed by atoms with Gasteiger partial charge in [0, 0.05) is 30.5 Å². The van der Waals surface area contributed by atoms with Crippen LogP contribution in [0, 0.1) is 17.8 Å². The Morgan fingerprint density at radius 2 is 2.32 bits per heavy atom. The van der Waals surface area contributed by atoms with Gasteiger partial charge in [-0.2, -0.15) is 4.37 Å². The molecule has 3 fully saturated rings. The van der Waals surface area contributed by atoms with Gasteiger partial charge in [-0.05, 0) is 37.0 Å². The standard InChI is InChI=1S/C13H17N3O2S/c17-11(4-8-3-9-5-18-6-10(8)9)14-13-15-12(16-19-13)7-1-2-7/h7-10H,1-6H2,(H,14,15,16,17)/t8?,9-,10-/m1/s1. The van der Waals surface area contributed by atoms with Crippen LogP contribution in [-0.2, 0) is 9.53 Å². The van der Waals surface area contributed by atoms with Crippen molar-refractivity contribution in [3.8, 4) is 0 Å². The number of carbonyl (C=O) groups excluding carboxylic acids is 1. The van der Waals surface area contributed by atoms with E-state index in [0.717, 1.165) is 25.5 Å². The Labute approximate surface area is 115 Å². The van der Waals surface area contributed by atoms with Crippen LogP contribution in [0.4, 0.5) is 5.13 Å². The zero-order chi connectivity index (χ0) is 12.8. The quantitative estimate of drug-likeness (QED) is 0.916. The van der Waals surface area contributed by atoms with Gasteiger partial charge in [0.05, 0.1) is 6.61 Å². The number of fused-ring (bicyclic) bond motifs is 1. The number of rotatable bonds is 4. The summed E-state index contributed by atoms with van der Waals surface area (Å²) in [6, 6.07) is 0. The van der Waals surface area contributed by atoms with Gasteiger partial charge in [-0.1, -0.05) is 0 Å². The Morgan fingerprint density at radius 3 is 3.11 bits per heavy atom. The van der Waals surface area contributed by atoms with Crippen molar-refractivity contribution >= 4 is 22.6 Å². The number of nitrogens with zero attached hydrogens (tertiary/aromatic N) is 2. The van der Waals surface area contributed by atoms with Crippen LogP contribution < -0.4 is 5.32 Å². The van der Waals surface area contributed by atoms with Crippen molar-refractivity contribution in [2.24, 2.45) is 17.8 Å². The summed E-state index contributed by atoms with van der Waals surface area (Å²) in [4.78, 5) is 16.4. The number of ether oxygens (including phenoxy) is 1. The first-order chi connectivity index (χ1) is 9.29. The predicted octanol–water partition coefficient (Wildman–Crippen LogP) is 2.03. The maximum Gasteiger partial charge on any atom is 0.226 e. The Bertz CT molecular complexity index is 500. The van der Waals surface area contributed by atoms with Crippen LogP contribution in [0.2, 0.25) is 0 Å². The minimum absolute atomic E-state index is 0.0776. The van der Waals surface area contributed by atoms with Gasteiger partial charge in [0.1, 0.15) is 5.82 Å². The third-order valence-electron chi connectivity index (χ3n) is 4.54. The van der Waals surface area contributed by atoms with E-state index in [2.05, 4.69) is 14.7 Å². The van der Waals surface area contributed by atoms with Crippen LogP contribution in [0.15, 0.2) is 0 Å². The highest BCUT2D eigenvalue weighted by Crippen LogP contribution is 2.46. The molecule has 0 spiro atoms. The molecule has 6 heteroatoms. The Balaban J connectivity index is 1.31. The first kappa shape index (κ1) is 11.8. The molecule has 5 nitrogen and oxygen atoms in total. The summed E-state index contributed by atoms with van der Waals surface area (Å²) in [5.74, 6) is 3.36. The maximum atomic E-state index is 12.0. The van der Waals surface area contributed by atoms with E-state index < -0.39 is 0 Å². The van der Waals surface area contributed by atoms with Gasteiger partial charge >= 0.3 is 0 Å². The Kier molecular flexibility index (Phi) is 2.81. The van der Waals surface area contributed by atoms with Gasteiger partial charge < -0.3 is 10.1 Å². The Hall–Kier alpha value is -1.01. The average Bonchev–Trinajstić information content (AvgIpc) is 3.01. The first-order valence-corrected chi connectivity index (χ1v) is 7.78. The van der Waals surface area contributed by atoms with E-state index in [9.17, 15) is 4.79 Å². The molecule has 1 aromatic rings. The lowest BCUT2D eigenvalue weighted by Gasteiger charge is -2.38. The number of amides is 1. The van der Waals surface area contributed by atoms with Crippen molar-refractivity contribution in [3.63, 3.8) is 0 Å². The van der Waals surface area contributed by atoms with Crippen molar-refractivity contribution in [1.29, 1.82) is 0 Å². The first-order valence-electron chi connectivity index (χ1n) is 7.01. The van der Waals surface area contributed by atoms with E-state index in [1.54, 1.807) is 0 Å². The highest BCUT2D eigenvalue weighted by molar-refractivity contribution is 7.09. The molecule has 1 saturated heterocycles. The molecule has 0 radical (unpaired) electrons. The maximum absolute atomic E-state index is 12.0. The summed E-state index contributed by atoms with van der Waals surface area (Å²) in [6.45, 7) is 1.73. The number of nitrogens with one attached hydrogen (secondary N) is 1. The number of hydrogen-bond acceptors (Lipinski definition) is 5. The molecular weight excluding hydrogens is 262 g/mol. The van der Waals surface area contributed by atoms with Gasteiger partial charge in [0.25, 0.3) is 0 Å². The monoisotopic (exact) mass is 279 g/mol. The van der Waals surface area contributed by atoms with Crippen LogP contribution in [-0.4, -0.2) is 28.5 Å². The summed E-state index contributed by atoms with van der Waals surface area (Å²) in [6.07, 6.45) is 4.12. The summed E-state index contributed by atoms with van der Waals surface area (Å²) in [5.41, 5.74) is 0. The summed E-state index contributed by atoms with van der Waals surface area (Å²) >= 11 is 1.30. The number of carbonyl (C=O) groups is 1. The van der Waals surface area contributed by atoms with Crippen molar-refractivity contribution < 1.29 is 9.53 Å². The number of aromatic nitrogens is 2. The third kappa shape index (κ3) is 2.27. The van der Waals surface area contributed by atoms with Crippen LogP contribution in [0.1, 0.15) is 37.4 Å². The third-order valence-corrected chi connectivity index (χ3v) is 5.18. The zero-order valence-corrected chi connectivity index (χ0v) is 11.5. The molecule has 0 aromatic carbocycles. The lowest BCUT2D eigenvalue weighted by molar-refractivity contribution is -0.118. The van der Waals surface area contributed by atoms with Crippen molar-refractivity contribution in [2.45, 2.75) is 31.6 Å². The van der Waals surface area contributed by atoms with E-state index in [4.69, 9.17) is 4.74 Å². The lowest BCUT2D eigenvalue weighted by atomic mass is 9.65. The molecule has 2 saturated carbocycles. The van der Waals surface area contributed by atoms with Gasteiger partial charge in [0.15, 0.2) is 0 Å². The van der Waals surface area contributed by atoms with Crippen LogP contribution in [0.5, 0.6) is 0 Å². The molecular formula is C13H17N3O2S. The zero-order valence-electron chi connectivity index (χ0n) is 10.7. The van der Waals surface area contributed by atoms with Crippen molar-refractivity contribution in [1.82, 2.24) is 9.36 Å². The second-order valence-corrected chi connectivity index (χ2v) is 6.69. The highest BCUT2D eigenvalue weighted by Gasteiger charge is 2.45.